The summed E-state index contributed by atoms with van der Waals surface area (Å²) >= 11 is 5.95. The van der Waals surface area contributed by atoms with E-state index in [0.717, 1.165) is 22.6 Å². The minimum absolute atomic E-state index is 0.197. The first-order chi connectivity index (χ1) is 14.0. The van der Waals surface area contributed by atoms with E-state index >= 15 is 0 Å². The molecule has 2 aromatic carbocycles. The first-order valence-corrected chi connectivity index (χ1v) is 9.81. The topological polar surface area (TPSA) is 67.2 Å². The van der Waals surface area contributed by atoms with Crippen molar-refractivity contribution in [2.24, 2.45) is 0 Å². The van der Waals surface area contributed by atoms with Crippen LogP contribution < -0.4 is 5.32 Å². The highest BCUT2D eigenvalue weighted by molar-refractivity contribution is 6.30. The maximum absolute atomic E-state index is 13.2. The molecule has 0 saturated carbocycles. The fourth-order valence-electron chi connectivity index (χ4n) is 3.80. The van der Waals surface area contributed by atoms with Gasteiger partial charge in [0.25, 0.3) is 5.91 Å². The summed E-state index contributed by atoms with van der Waals surface area (Å²) in [5.41, 5.74) is 3.73. The standard InChI is InChI=1S/C22H21ClN4O2/c1-14-19(15(2)27(25-14)18-6-4-3-5-7-18)20-21(28)24-12-13-26(20)22(29)16-8-10-17(23)11-9-16/h3-11,20H,12-13H2,1-2H3,(H,24,28)/t20-/m0/s1. The molecule has 1 fully saturated rings. The van der Waals surface area contributed by atoms with E-state index in [4.69, 9.17) is 11.6 Å². The Morgan fingerprint density at radius 3 is 2.48 bits per heavy atom. The zero-order valence-corrected chi connectivity index (χ0v) is 17.0. The van der Waals surface area contributed by atoms with E-state index in [1.54, 1.807) is 29.2 Å². The van der Waals surface area contributed by atoms with Crippen molar-refractivity contribution < 1.29 is 9.59 Å². The number of halogens is 1. The predicted octanol–water partition coefficient (Wildman–Crippen LogP) is 3.46. The summed E-state index contributed by atoms with van der Waals surface area (Å²) < 4.78 is 1.82. The van der Waals surface area contributed by atoms with Crippen LogP contribution in [0.2, 0.25) is 5.02 Å². The number of rotatable bonds is 3. The number of carbonyl (C=O) groups is 2. The van der Waals surface area contributed by atoms with Crippen LogP contribution in [-0.4, -0.2) is 39.6 Å². The highest BCUT2D eigenvalue weighted by Gasteiger charge is 2.38. The molecule has 1 aromatic heterocycles. The number of nitrogens with zero attached hydrogens (tertiary/aromatic N) is 3. The summed E-state index contributed by atoms with van der Waals surface area (Å²) in [6.07, 6.45) is 0. The Hall–Kier alpha value is -3.12. The highest BCUT2D eigenvalue weighted by Crippen LogP contribution is 2.31. The van der Waals surface area contributed by atoms with Gasteiger partial charge >= 0.3 is 0 Å². The SMILES string of the molecule is Cc1nn(-c2ccccc2)c(C)c1[C@H]1C(=O)NCCN1C(=O)c1ccc(Cl)cc1. The molecule has 1 N–H and O–H groups in total. The largest absolute Gasteiger partial charge is 0.352 e. The molecule has 2 amide bonds. The van der Waals surface area contributed by atoms with Crippen LogP contribution in [-0.2, 0) is 4.79 Å². The number of aryl methyl sites for hydroxylation is 1. The van der Waals surface area contributed by atoms with Gasteiger partial charge in [0.2, 0.25) is 5.91 Å². The Morgan fingerprint density at radius 2 is 1.79 bits per heavy atom. The predicted molar refractivity (Wildman–Crippen MR) is 111 cm³/mol. The number of amides is 2. The fraction of sp³-hybridized carbons (Fsp3) is 0.227. The zero-order valence-electron chi connectivity index (χ0n) is 16.2. The molecule has 1 atom stereocenters. The van der Waals surface area contributed by atoms with Gasteiger partial charge < -0.3 is 10.2 Å². The van der Waals surface area contributed by atoms with E-state index in [1.165, 1.54) is 0 Å². The van der Waals surface area contributed by atoms with Gasteiger partial charge in [0.1, 0.15) is 6.04 Å². The second-order valence-corrected chi connectivity index (χ2v) is 7.47. The Balaban J connectivity index is 1.77. The van der Waals surface area contributed by atoms with E-state index in [2.05, 4.69) is 10.4 Å². The van der Waals surface area contributed by atoms with Crippen LogP contribution in [0.15, 0.2) is 54.6 Å². The van der Waals surface area contributed by atoms with Crippen molar-refractivity contribution in [3.05, 3.63) is 82.1 Å². The fourth-order valence-corrected chi connectivity index (χ4v) is 3.93. The third-order valence-electron chi connectivity index (χ3n) is 5.19. The smallest absolute Gasteiger partial charge is 0.254 e. The maximum atomic E-state index is 13.2. The van der Waals surface area contributed by atoms with Crippen LogP contribution in [0.1, 0.15) is 33.4 Å². The van der Waals surface area contributed by atoms with Gasteiger partial charge in [0.05, 0.1) is 11.4 Å². The molecule has 0 radical (unpaired) electrons. The summed E-state index contributed by atoms with van der Waals surface area (Å²) in [6, 6.07) is 15.7. The first kappa shape index (κ1) is 19.2. The number of benzene rings is 2. The quantitative estimate of drug-likeness (QED) is 0.721. The molecule has 0 spiro atoms. The normalized spacial score (nSPS) is 16.6. The molecule has 2 heterocycles. The van der Waals surface area contributed by atoms with Crippen molar-refractivity contribution >= 4 is 23.4 Å². The third kappa shape index (κ3) is 3.51. The van der Waals surface area contributed by atoms with Crippen molar-refractivity contribution in [2.75, 3.05) is 13.1 Å². The number of carbonyl (C=O) groups excluding carboxylic acids is 2. The van der Waals surface area contributed by atoms with Gasteiger partial charge in [-0.3, -0.25) is 9.59 Å². The summed E-state index contributed by atoms with van der Waals surface area (Å²) in [4.78, 5) is 27.7. The van der Waals surface area contributed by atoms with Crippen molar-refractivity contribution in [3.63, 3.8) is 0 Å². The molecule has 0 aliphatic carbocycles. The number of piperazine rings is 1. The Labute approximate surface area is 174 Å². The molecule has 7 heteroatoms. The van der Waals surface area contributed by atoms with E-state index < -0.39 is 6.04 Å². The highest BCUT2D eigenvalue weighted by atomic mass is 35.5. The average molecular weight is 409 g/mol. The second-order valence-electron chi connectivity index (χ2n) is 7.03. The van der Waals surface area contributed by atoms with Gasteiger partial charge in [0.15, 0.2) is 0 Å². The Morgan fingerprint density at radius 1 is 1.10 bits per heavy atom. The van der Waals surface area contributed by atoms with Gasteiger partial charge in [0, 0.05) is 34.9 Å². The summed E-state index contributed by atoms with van der Waals surface area (Å²) in [5.74, 6) is -0.398. The van der Waals surface area contributed by atoms with Crippen LogP contribution in [0.25, 0.3) is 5.69 Å². The minimum Gasteiger partial charge on any atom is -0.352 e. The van der Waals surface area contributed by atoms with E-state index in [0.29, 0.717) is 23.7 Å². The lowest BCUT2D eigenvalue weighted by Crippen LogP contribution is -2.52. The second kappa shape index (κ2) is 7.72. The monoisotopic (exact) mass is 408 g/mol. The number of para-hydroxylation sites is 1. The number of hydrogen-bond donors (Lipinski definition) is 1. The van der Waals surface area contributed by atoms with Crippen molar-refractivity contribution in [1.29, 1.82) is 0 Å². The van der Waals surface area contributed by atoms with Crippen LogP contribution >= 0.6 is 11.6 Å². The molecule has 1 aliphatic rings. The first-order valence-electron chi connectivity index (χ1n) is 9.43. The molecule has 1 aliphatic heterocycles. The van der Waals surface area contributed by atoms with E-state index in [1.807, 2.05) is 48.9 Å². The van der Waals surface area contributed by atoms with E-state index in [9.17, 15) is 9.59 Å². The third-order valence-corrected chi connectivity index (χ3v) is 5.44. The zero-order chi connectivity index (χ0) is 20.5. The lowest BCUT2D eigenvalue weighted by atomic mass is 9.99. The molecule has 29 heavy (non-hydrogen) atoms. The number of aromatic nitrogens is 2. The molecular formula is C22H21ClN4O2. The van der Waals surface area contributed by atoms with Crippen LogP contribution in [0, 0.1) is 13.8 Å². The van der Waals surface area contributed by atoms with Gasteiger partial charge in [-0.25, -0.2) is 4.68 Å². The summed E-state index contributed by atoms with van der Waals surface area (Å²) in [6.45, 7) is 4.64. The molecular weight excluding hydrogens is 388 g/mol. The van der Waals surface area contributed by atoms with Crippen LogP contribution in [0.3, 0.4) is 0 Å². The Bertz CT molecular complexity index is 1060. The molecule has 4 rings (SSSR count). The van der Waals surface area contributed by atoms with Crippen LogP contribution in [0.4, 0.5) is 0 Å². The summed E-state index contributed by atoms with van der Waals surface area (Å²) in [5, 5.41) is 8.10. The molecule has 3 aromatic rings. The van der Waals surface area contributed by atoms with Gasteiger partial charge in [-0.2, -0.15) is 5.10 Å². The van der Waals surface area contributed by atoms with Crippen molar-refractivity contribution in [1.82, 2.24) is 20.0 Å². The maximum Gasteiger partial charge on any atom is 0.254 e. The van der Waals surface area contributed by atoms with Gasteiger partial charge in [-0.05, 0) is 50.2 Å². The van der Waals surface area contributed by atoms with Crippen molar-refractivity contribution in [2.45, 2.75) is 19.9 Å². The number of hydrogen-bond acceptors (Lipinski definition) is 3. The van der Waals surface area contributed by atoms with Crippen LogP contribution in [0.5, 0.6) is 0 Å². The number of nitrogens with one attached hydrogen (secondary N) is 1. The van der Waals surface area contributed by atoms with Crippen molar-refractivity contribution in [3.8, 4) is 5.69 Å². The molecule has 0 unspecified atom stereocenters. The lowest BCUT2D eigenvalue weighted by molar-refractivity contribution is -0.128. The Kier molecular flexibility index (Phi) is 5.11. The van der Waals surface area contributed by atoms with Gasteiger partial charge in [-0.15, -0.1) is 0 Å². The summed E-state index contributed by atoms with van der Waals surface area (Å²) in [7, 11) is 0. The molecule has 0 bridgehead atoms. The molecule has 148 valence electrons. The van der Waals surface area contributed by atoms with Gasteiger partial charge in [-0.1, -0.05) is 29.8 Å². The van der Waals surface area contributed by atoms with E-state index in [-0.39, 0.29) is 11.8 Å². The molecule has 6 nitrogen and oxygen atoms in total. The lowest BCUT2D eigenvalue weighted by Gasteiger charge is -2.35. The minimum atomic E-state index is -0.732. The molecule has 1 saturated heterocycles. The average Bonchev–Trinajstić information content (AvgIpc) is 3.02.